The Morgan fingerprint density at radius 2 is 2.00 bits per heavy atom. The van der Waals surface area contributed by atoms with Gasteiger partial charge in [-0.15, -0.1) is 0 Å². The van der Waals surface area contributed by atoms with Crippen LogP contribution in [0.5, 0.6) is 0 Å². The van der Waals surface area contributed by atoms with E-state index in [4.69, 9.17) is 4.74 Å². The third-order valence-electron chi connectivity index (χ3n) is 4.00. The first-order valence-electron chi connectivity index (χ1n) is 8.28. The fourth-order valence-corrected chi connectivity index (χ4v) is 4.00. The molecule has 2 heterocycles. The smallest absolute Gasteiger partial charge is 0.397 e. The maximum Gasteiger partial charge on any atom is 0.397 e. The van der Waals surface area contributed by atoms with Crippen LogP contribution in [0.15, 0.2) is 12.7 Å². The predicted molar refractivity (Wildman–Crippen MR) is 91.9 cm³/mol. The van der Waals surface area contributed by atoms with Crippen molar-refractivity contribution in [1.29, 1.82) is 0 Å². The summed E-state index contributed by atoms with van der Waals surface area (Å²) in [7, 11) is 0. The van der Waals surface area contributed by atoms with E-state index in [0.29, 0.717) is 23.1 Å². The highest BCUT2D eigenvalue weighted by Crippen LogP contribution is 2.39. The van der Waals surface area contributed by atoms with Gasteiger partial charge in [0.05, 0.1) is 12.3 Å². The fourth-order valence-electron chi connectivity index (χ4n) is 2.76. The Morgan fingerprint density at radius 1 is 1.30 bits per heavy atom. The van der Waals surface area contributed by atoms with Crippen molar-refractivity contribution in [1.82, 2.24) is 4.90 Å². The molecule has 0 radical (unpaired) electrons. The Balaban J connectivity index is 2.04. The number of amides is 2. The number of thioether (sulfide) groups is 1. The van der Waals surface area contributed by atoms with Crippen LogP contribution in [-0.2, 0) is 38.2 Å². The molecule has 146 valence electrons. The normalized spacial score (nSPS) is 24.0. The summed E-state index contributed by atoms with van der Waals surface area (Å²) in [5.74, 6) is -4.68. The van der Waals surface area contributed by atoms with Gasteiger partial charge >= 0.3 is 17.8 Å². The lowest BCUT2D eigenvalue weighted by Crippen LogP contribution is -2.63. The highest BCUT2D eigenvalue weighted by atomic mass is 32.2. The number of nitrogens with zero attached hydrogens (tertiary/aromatic N) is 1. The van der Waals surface area contributed by atoms with Crippen LogP contribution in [-0.4, -0.2) is 57.6 Å². The van der Waals surface area contributed by atoms with Crippen LogP contribution in [0, 0.1) is 5.92 Å². The number of Topliss-reactive ketones (excluding diaryl/α,β-unsaturated/α-hetero) is 1. The van der Waals surface area contributed by atoms with Crippen molar-refractivity contribution in [3.8, 4) is 0 Å². The molecule has 0 aliphatic carbocycles. The molecule has 0 spiro atoms. The first kappa shape index (κ1) is 20.8. The number of β-lactam (4-membered cyclic amide) rings is 1. The Bertz CT molecular complexity index is 703. The van der Waals surface area contributed by atoms with Crippen molar-refractivity contribution >= 4 is 46.4 Å². The summed E-state index contributed by atoms with van der Waals surface area (Å²) in [6.07, 6.45) is 1.16. The van der Waals surface area contributed by atoms with Crippen molar-refractivity contribution in [3.63, 3.8) is 0 Å². The molecule has 2 fully saturated rings. The molecule has 0 aromatic rings. The standard InChI is InChI=1S/C17H19NO8S/c1-3-6-25-17(24)15(23)18-14(22)11(7-9(2)19)16(18)27-13(21)8-10-4-5-12(20)26-10/h3,10-11,16H,1,4-8H2,2H3/t10?,11-,16-/m1/s1. The number of cyclic esters (lactones) is 1. The Labute approximate surface area is 159 Å². The lowest BCUT2D eigenvalue weighted by molar-refractivity contribution is -0.172. The highest BCUT2D eigenvalue weighted by molar-refractivity contribution is 8.14. The zero-order valence-electron chi connectivity index (χ0n) is 14.7. The van der Waals surface area contributed by atoms with E-state index in [2.05, 4.69) is 11.3 Å². The second-order valence-corrected chi connectivity index (χ2v) is 7.32. The number of imide groups is 1. The SMILES string of the molecule is C=CCOC(=O)C(=O)N1C(=O)[C@@H](CC(C)=O)[C@H]1SC(=O)CC1CCC(=O)O1. The van der Waals surface area contributed by atoms with Crippen molar-refractivity contribution in [3.05, 3.63) is 12.7 Å². The van der Waals surface area contributed by atoms with Gasteiger partial charge in [0.25, 0.3) is 0 Å². The molecule has 2 rings (SSSR count). The second-order valence-electron chi connectivity index (χ2n) is 6.15. The summed E-state index contributed by atoms with van der Waals surface area (Å²) < 4.78 is 9.60. The number of carbonyl (C=O) groups excluding carboxylic acids is 6. The number of carbonyl (C=O) groups is 6. The lowest BCUT2D eigenvalue weighted by Gasteiger charge is -2.43. The van der Waals surface area contributed by atoms with E-state index in [-0.39, 0.29) is 37.6 Å². The molecule has 1 unspecified atom stereocenters. The van der Waals surface area contributed by atoms with Gasteiger partial charge in [0.1, 0.15) is 23.9 Å². The topological polar surface area (TPSA) is 124 Å². The zero-order chi connectivity index (χ0) is 20.1. The van der Waals surface area contributed by atoms with E-state index >= 15 is 0 Å². The van der Waals surface area contributed by atoms with Gasteiger partial charge in [0, 0.05) is 12.8 Å². The number of esters is 2. The lowest BCUT2D eigenvalue weighted by atomic mass is 9.92. The third-order valence-corrected chi connectivity index (χ3v) is 5.21. The predicted octanol–water partition coefficient (Wildman–Crippen LogP) is 0.361. The molecule has 2 aliphatic heterocycles. The average Bonchev–Trinajstić information content (AvgIpc) is 3.01. The van der Waals surface area contributed by atoms with Crippen molar-refractivity contribution in [2.75, 3.05) is 6.61 Å². The maximum atomic E-state index is 12.3. The summed E-state index contributed by atoms with van der Waals surface area (Å²) in [5, 5.41) is -1.38. The van der Waals surface area contributed by atoms with E-state index in [1.54, 1.807) is 0 Å². The molecule has 27 heavy (non-hydrogen) atoms. The fraction of sp³-hybridized carbons (Fsp3) is 0.529. The molecular formula is C17H19NO8S. The van der Waals surface area contributed by atoms with Gasteiger partial charge in [-0.2, -0.15) is 0 Å². The van der Waals surface area contributed by atoms with E-state index in [9.17, 15) is 28.8 Å². The Kier molecular flexibility index (Phi) is 6.89. The molecule has 0 N–H and O–H groups in total. The summed E-state index contributed by atoms with van der Waals surface area (Å²) >= 11 is 0.680. The van der Waals surface area contributed by atoms with Gasteiger partial charge in [-0.25, -0.2) is 4.79 Å². The van der Waals surface area contributed by atoms with Crippen molar-refractivity contribution in [2.45, 2.75) is 44.1 Å². The molecule has 3 atom stereocenters. The molecule has 2 aliphatic rings. The van der Waals surface area contributed by atoms with E-state index in [1.165, 1.54) is 13.0 Å². The largest absolute Gasteiger partial charge is 0.462 e. The molecule has 10 heteroatoms. The van der Waals surface area contributed by atoms with Crippen molar-refractivity contribution in [2.24, 2.45) is 5.92 Å². The summed E-state index contributed by atoms with van der Waals surface area (Å²) in [5.41, 5.74) is 0. The minimum atomic E-state index is -1.24. The zero-order valence-corrected chi connectivity index (χ0v) is 15.5. The third kappa shape index (κ3) is 5.03. The molecule has 0 aromatic carbocycles. The molecule has 9 nitrogen and oxygen atoms in total. The molecule has 2 saturated heterocycles. The van der Waals surface area contributed by atoms with Crippen LogP contribution < -0.4 is 0 Å². The number of ketones is 1. The van der Waals surface area contributed by atoms with Gasteiger partial charge in [0.15, 0.2) is 5.12 Å². The van der Waals surface area contributed by atoms with E-state index in [1.807, 2.05) is 0 Å². The first-order valence-corrected chi connectivity index (χ1v) is 9.16. The van der Waals surface area contributed by atoms with Gasteiger partial charge in [0.2, 0.25) is 5.91 Å². The van der Waals surface area contributed by atoms with E-state index in [0.717, 1.165) is 0 Å². The average molecular weight is 397 g/mol. The van der Waals surface area contributed by atoms with Crippen LogP contribution in [0.1, 0.15) is 32.6 Å². The Morgan fingerprint density at radius 3 is 2.56 bits per heavy atom. The minimum Gasteiger partial charge on any atom is -0.462 e. The molecule has 2 amide bonds. The Hall–Kier alpha value is -2.49. The summed E-state index contributed by atoms with van der Waals surface area (Å²) in [4.78, 5) is 71.5. The van der Waals surface area contributed by atoms with Crippen molar-refractivity contribution < 1.29 is 38.2 Å². The quantitative estimate of drug-likeness (QED) is 0.259. The van der Waals surface area contributed by atoms with Crippen LogP contribution in [0.25, 0.3) is 0 Å². The van der Waals surface area contributed by atoms with Gasteiger partial charge in [-0.3, -0.25) is 24.1 Å². The summed E-state index contributed by atoms with van der Waals surface area (Å²) in [6.45, 7) is 4.44. The molecule has 0 bridgehead atoms. The number of hydrogen-bond acceptors (Lipinski definition) is 9. The number of rotatable bonds is 7. The van der Waals surface area contributed by atoms with E-state index < -0.39 is 40.3 Å². The summed E-state index contributed by atoms with van der Waals surface area (Å²) in [6, 6.07) is 0. The number of hydrogen-bond donors (Lipinski definition) is 0. The number of ether oxygens (including phenoxy) is 2. The van der Waals surface area contributed by atoms with Crippen LogP contribution >= 0.6 is 11.8 Å². The molecular weight excluding hydrogens is 378 g/mol. The van der Waals surface area contributed by atoms with Crippen LogP contribution in [0.4, 0.5) is 0 Å². The van der Waals surface area contributed by atoms with Gasteiger partial charge in [-0.1, -0.05) is 24.4 Å². The second kappa shape index (κ2) is 8.94. The molecule has 0 saturated carbocycles. The first-order chi connectivity index (χ1) is 12.7. The van der Waals surface area contributed by atoms with Gasteiger partial charge in [-0.05, 0) is 13.3 Å². The molecule has 0 aromatic heterocycles. The van der Waals surface area contributed by atoms with Crippen LogP contribution in [0.3, 0.4) is 0 Å². The van der Waals surface area contributed by atoms with Crippen LogP contribution in [0.2, 0.25) is 0 Å². The minimum absolute atomic E-state index is 0.0726. The van der Waals surface area contributed by atoms with Gasteiger partial charge < -0.3 is 14.3 Å². The highest BCUT2D eigenvalue weighted by Gasteiger charge is 2.54. The maximum absolute atomic E-state index is 12.3. The monoisotopic (exact) mass is 397 g/mol. The number of likely N-dealkylation sites (tertiary alicyclic amines) is 1.